The Balaban J connectivity index is 2.81. The molecule has 0 aliphatic rings. The zero-order valence-corrected chi connectivity index (χ0v) is 13.2. The van der Waals surface area contributed by atoms with E-state index in [1.807, 2.05) is 6.92 Å². The molecule has 0 spiro atoms. The van der Waals surface area contributed by atoms with Crippen molar-refractivity contribution in [3.63, 3.8) is 0 Å². The highest BCUT2D eigenvalue weighted by Gasteiger charge is 2.14. The normalized spacial score (nSPS) is 11.2. The zero-order valence-electron chi connectivity index (χ0n) is 13.2. The van der Waals surface area contributed by atoms with Crippen LogP contribution in [0, 0.1) is 0 Å². The molecule has 1 aromatic rings. The SMILES string of the molecule is CCOc1nc(C(C)C)nc(NCCCN(C)C)c1N. The molecule has 0 unspecified atom stereocenters. The van der Waals surface area contributed by atoms with Crippen LogP contribution in [-0.2, 0) is 0 Å². The van der Waals surface area contributed by atoms with Gasteiger partial charge in [0.2, 0.25) is 5.88 Å². The molecule has 3 N–H and O–H groups in total. The van der Waals surface area contributed by atoms with Crippen LogP contribution in [0.25, 0.3) is 0 Å². The Morgan fingerprint density at radius 1 is 1.30 bits per heavy atom. The summed E-state index contributed by atoms with van der Waals surface area (Å²) < 4.78 is 5.49. The molecule has 0 aliphatic heterocycles. The number of hydrogen-bond acceptors (Lipinski definition) is 6. The smallest absolute Gasteiger partial charge is 0.242 e. The van der Waals surface area contributed by atoms with Crippen LogP contribution in [0.5, 0.6) is 5.88 Å². The Morgan fingerprint density at radius 3 is 2.55 bits per heavy atom. The van der Waals surface area contributed by atoms with Crippen molar-refractivity contribution < 1.29 is 4.74 Å². The zero-order chi connectivity index (χ0) is 15.1. The average molecular weight is 281 g/mol. The van der Waals surface area contributed by atoms with Crippen LogP contribution in [-0.4, -0.2) is 48.7 Å². The number of hydrogen-bond donors (Lipinski definition) is 2. The van der Waals surface area contributed by atoms with E-state index in [4.69, 9.17) is 10.5 Å². The molecule has 0 aliphatic carbocycles. The van der Waals surface area contributed by atoms with Crippen LogP contribution in [0.1, 0.15) is 38.9 Å². The van der Waals surface area contributed by atoms with Crippen molar-refractivity contribution in [2.75, 3.05) is 44.8 Å². The lowest BCUT2D eigenvalue weighted by molar-refractivity contribution is 0.326. The highest BCUT2D eigenvalue weighted by molar-refractivity contribution is 5.67. The van der Waals surface area contributed by atoms with E-state index in [9.17, 15) is 0 Å². The van der Waals surface area contributed by atoms with Crippen LogP contribution >= 0.6 is 0 Å². The van der Waals surface area contributed by atoms with Gasteiger partial charge in [-0.2, -0.15) is 4.98 Å². The molecule has 1 rings (SSSR count). The quantitative estimate of drug-likeness (QED) is 0.709. The number of anilines is 2. The molecule has 0 fully saturated rings. The molecule has 0 saturated heterocycles. The Labute approximate surface area is 121 Å². The second-order valence-electron chi connectivity index (χ2n) is 5.32. The third kappa shape index (κ3) is 4.85. The summed E-state index contributed by atoms with van der Waals surface area (Å²) in [5.74, 6) is 2.13. The Morgan fingerprint density at radius 2 is 2.00 bits per heavy atom. The molecule has 1 aromatic heterocycles. The molecule has 0 amide bonds. The molecular formula is C14H27N5O. The number of nitrogens with two attached hydrogens (primary N) is 1. The lowest BCUT2D eigenvalue weighted by Crippen LogP contribution is -2.18. The van der Waals surface area contributed by atoms with Gasteiger partial charge in [-0.05, 0) is 34.0 Å². The summed E-state index contributed by atoms with van der Waals surface area (Å²) in [6, 6.07) is 0. The first-order valence-corrected chi connectivity index (χ1v) is 7.14. The Kier molecular flexibility index (Phi) is 6.51. The fourth-order valence-corrected chi connectivity index (χ4v) is 1.71. The van der Waals surface area contributed by atoms with Crippen LogP contribution in [0.4, 0.5) is 11.5 Å². The largest absolute Gasteiger partial charge is 0.476 e. The predicted octanol–water partition coefficient (Wildman–Crippen LogP) is 1.94. The molecule has 114 valence electrons. The lowest BCUT2D eigenvalue weighted by atomic mass is 10.2. The van der Waals surface area contributed by atoms with Gasteiger partial charge in [-0.1, -0.05) is 13.8 Å². The maximum Gasteiger partial charge on any atom is 0.242 e. The summed E-state index contributed by atoms with van der Waals surface area (Å²) in [7, 11) is 4.12. The van der Waals surface area contributed by atoms with E-state index in [2.05, 4.69) is 48.1 Å². The predicted molar refractivity (Wildman–Crippen MR) is 83.4 cm³/mol. The van der Waals surface area contributed by atoms with E-state index in [1.54, 1.807) is 0 Å². The molecule has 0 aromatic carbocycles. The molecule has 1 heterocycles. The van der Waals surface area contributed by atoms with E-state index < -0.39 is 0 Å². The van der Waals surface area contributed by atoms with Gasteiger partial charge >= 0.3 is 0 Å². The molecule has 6 heteroatoms. The second-order valence-corrected chi connectivity index (χ2v) is 5.32. The van der Waals surface area contributed by atoms with Gasteiger partial charge < -0.3 is 20.7 Å². The van der Waals surface area contributed by atoms with E-state index in [1.165, 1.54) is 0 Å². The third-order valence-corrected chi connectivity index (χ3v) is 2.80. The fourth-order valence-electron chi connectivity index (χ4n) is 1.71. The van der Waals surface area contributed by atoms with Gasteiger partial charge in [0.15, 0.2) is 5.82 Å². The highest BCUT2D eigenvalue weighted by atomic mass is 16.5. The van der Waals surface area contributed by atoms with Gasteiger partial charge in [0.1, 0.15) is 11.5 Å². The second kappa shape index (κ2) is 7.89. The van der Waals surface area contributed by atoms with Crippen molar-refractivity contribution in [1.29, 1.82) is 0 Å². The number of nitrogen functional groups attached to an aromatic ring is 1. The number of nitrogens with zero attached hydrogens (tertiary/aromatic N) is 3. The number of rotatable bonds is 8. The van der Waals surface area contributed by atoms with Gasteiger partial charge in [0.25, 0.3) is 0 Å². The first-order valence-electron chi connectivity index (χ1n) is 7.14. The fraction of sp³-hybridized carbons (Fsp3) is 0.714. The van der Waals surface area contributed by atoms with E-state index >= 15 is 0 Å². The van der Waals surface area contributed by atoms with Gasteiger partial charge in [-0.25, -0.2) is 4.98 Å². The first-order chi connectivity index (χ1) is 9.45. The standard InChI is InChI=1S/C14H27N5O/c1-6-20-14-11(15)13(16-8-7-9-19(4)5)17-12(18-14)10(2)3/h10H,6-9,15H2,1-5H3,(H,16,17,18). The summed E-state index contributed by atoms with van der Waals surface area (Å²) in [5.41, 5.74) is 6.54. The number of ether oxygens (including phenoxy) is 1. The average Bonchev–Trinajstić information content (AvgIpc) is 2.38. The van der Waals surface area contributed by atoms with Crippen LogP contribution in [0.2, 0.25) is 0 Å². The summed E-state index contributed by atoms with van der Waals surface area (Å²) in [4.78, 5) is 11.0. The highest BCUT2D eigenvalue weighted by Crippen LogP contribution is 2.28. The van der Waals surface area contributed by atoms with Crippen molar-refractivity contribution in [3.8, 4) is 5.88 Å². The van der Waals surface area contributed by atoms with Crippen LogP contribution in [0.3, 0.4) is 0 Å². The molecule has 6 nitrogen and oxygen atoms in total. The monoisotopic (exact) mass is 281 g/mol. The van der Waals surface area contributed by atoms with Crippen LogP contribution < -0.4 is 15.8 Å². The molecule has 0 radical (unpaired) electrons. The molecule has 20 heavy (non-hydrogen) atoms. The van der Waals surface area contributed by atoms with E-state index in [0.29, 0.717) is 24.0 Å². The van der Waals surface area contributed by atoms with Crippen molar-refractivity contribution in [1.82, 2.24) is 14.9 Å². The molecule has 0 saturated carbocycles. The number of aromatic nitrogens is 2. The molecular weight excluding hydrogens is 254 g/mol. The summed E-state index contributed by atoms with van der Waals surface area (Å²) in [6.45, 7) is 8.41. The summed E-state index contributed by atoms with van der Waals surface area (Å²) in [6.07, 6.45) is 1.03. The third-order valence-electron chi connectivity index (χ3n) is 2.80. The minimum absolute atomic E-state index is 0.233. The summed E-state index contributed by atoms with van der Waals surface area (Å²) >= 11 is 0. The number of nitrogens with one attached hydrogen (secondary N) is 1. The maximum absolute atomic E-state index is 6.06. The summed E-state index contributed by atoms with van der Waals surface area (Å²) in [5, 5.41) is 3.28. The van der Waals surface area contributed by atoms with Crippen molar-refractivity contribution in [2.24, 2.45) is 0 Å². The minimum atomic E-state index is 0.233. The topological polar surface area (TPSA) is 76.3 Å². The molecule has 0 atom stereocenters. The minimum Gasteiger partial charge on any atom is -0.476 e. The van der Waals surface area contributed by atoms with Crippen LogP contribution in [0.15, 0.2) is 0 Å². The van der Waals surface area contributed by atoms with Crippen molar-refractivity contribution >= 4 is 11.5 Å². The maximum atomic E-state index is 6.06. The van der Waals surface area contributed by atoms with Gasteiger partial charge in [0, 0.05) is 12.5 Å². The van der Waals surface area contributed by atoms with Crippen molar-refractivity contribution in [3.05, 3.63) is 5.82 Å². The van der Waals surface area contributed by atoms with Crippen molar-refractivity contribution in [2.45, 2.75) is 33.1 Å². The van der Waals surface area contributed by atoms with Gasteiger partial charge in [-0.3, -0.25) is 0 Å². The first kappa shape index (κ1) is 16.5. The van der Waals surface area contributed by atoms with E-state index in [0.717, 1.165) is 25.3 Å². The van der Waals surface area contributed by atoms with Gasteiger partial charge in [-0.15, -0.1) is 0 Å². The van der Waals surface area contributed by atoms with Gasteiger partial charge in [0.05, 0.1) is 6.61 Å². The van der Waals surface area contributed by atoms with E-state index in [-0.39, 0.29) is 5.92 Å². The molecule has 0 bridgehead atoms. The Bertz CT molecular complexity index is 420. The Hall–Kier alpha value is -1.56. The lowest BCUT2D eigenvalue weighted by Gasteiger charge is -2.15.